The Morgan fingerprint density at radius 1 is 1.44 bits per heavy atom. The molecule has 2 rings (SSSR count). The molecule has 1 aliphatic carbocycles. The second-order valence-electron chi connectivity index (χ2n) is 4.75. The third kappa shape index (κ3) is 3.99. The molecule has 0 aromatic carbocycles. The van der Waals surface area contributed by atoms with Crippen molar-refractivity contribution in [2.45, 2.75) is 26.2 Å². The number of hydrogen-bond donors (Lipinski definition) is 1. The van der Waals surface area contributed by atoms with Gasteiger partial charge >= 0.3 is 0 Å². The second kappa shape index (κ2) is 6.34. The highest BCUT2D eigenvalue weighted by molar-refractivity contribution is 5.42. The van der Waals surface area contributed by atoms with Gasteiger partial charge in [0.05, 0.1) is 5.69 Å². The van der Waals surface area contributed by atoms with Crippen LogP contribution in [0.15, 0.2) is 42.5 Å². The fourth-order valence-electron chi connectivity index (χ4n) is 2.12. The molecule has 0 spiro atoms. The zero-order valence-electron chi connectivity index (χ0n) is 10.7. The van der Waals surface area contributed by atoms with Gasteiger partial charge in [0, 0.05) is 18.9 Å². The Morgan fingerprint density at radius 2 is 2.33 bits per heavy atom. The summed E-state index contributed by atoms with van der Waals surface area (Å²) in [6.07, 6.45) is 11.8. The molecule has 1 aliphatic rings. The molecule has 96 valence electrons. The predicted octanol–water partition coefficient (Wildman–Crippen LogP) is 4.01. The third-order valence-electron chi connectivity index (χ3n) is 3.12. The summed E-state index contributed by atoms with van der Waals surface area (Å²) in [6.45, 7) is 2.92. The van der Waals surface area contributed by atoms with E-state index in [2.05, 4.69) is 16.4 Å². The first-order valence-electron chi connectivity index (χ1n) is 6.43. The highest BCUT2D eigenvalue weighted by Crippen LogP contribution is 2.20. The van der Waals surface area contributed by atoms with Crippen LogP contribution in [0.3, 0.4) is 0 Å². The van der Waals surface area contributed by atoms with Gasteiger partial charge in [-0.25, -0.2) is 4.39 Å². The molecule has 1 unspecified atom stereocenters. The first-order valence-corrected chi connectivity index (χ1v) is 6.43. The molecule has 0 saturated heterocycles. The number of anilines is 1. The van der Waals surface area contributed by atoms with Crippen LogP contribution in [-0.2, 0) is 0 Å². The van der Waals surface area contributed by atoms with E-state index in [-0.39, 0.29) is 5.83 Å². The Hall–Kier alpha value is -1.64. The minimum Gasteiger partial charge on any atom is -0.384 e. The maximum Gasteiger partial charge on any atom is 0.118 e. The second-order valence-corrected chi connectivity index (χ2v) is 4.75. The molecule has 3 heteroatoms. The molecule has 0 radical (unpaired) electrons. The van der Waals surface area contributed by atoms with Gasteiger partial charge in [-0.3, -0.25) is 4.98 Å². The summed E-state index contributed by atoms with van der Waals surface area (Å²) in [4.78, 5) is 4.14. The molecule has 1 aromatic rings. The first-order chi connectivity index (χ1) is 8.74. The minimum atomic E-state index is -0.103. The van der Waals surface area contributed by atoms with Gasteiger partial charge in [-0.2, -0.15) is 0 Å². The lowest BCUT2D eigenvalue weighted by Gasteiger charge is -2.12. The van der Waals surface area contributed by atoms with Crippen molar-refractivity contribution in [2.24, 2.45) is 5.92 Å². The van der Waals surface area contributed by atoms with E-state index in [4.69, 9.17) is 0 Å². The Labute approximate surface area is 108 Å². The van der Waals surface area contributed by atoms with E-state index >= 15 is 0 Å². The van der Waals surface area contributed by atoms with Gasteiger partial charge in [0.15, 0.2) is 0 Å². The van der Waals surface area contributed by atoms with Crippen molar-refractivity contribution in [1.29, 1.82) is 0 Å². The number of nitrogens with zero attached hydrogens (tertiary/aromatic N) is 1. The largest absolute Gasteiger partial charge is 0.384 e. The monoisotopic (exact) mass is 246 g/mol. The number of aryl methyl sites for hydroxylation is 1. The Kier molecular flexibility index (Phi) is 4.51. The Bertz CT molecular complexity index is 452. The Morgan fingerprint density at radius 3 is 3.17 bits per heavy atom. The molecule has 0 aliphatic heterocycles. The lowest BCUT2D eigenvalue weighted by atomic mass is 10.0. The summed E-state index contributed by atoms with van der Waals surface area (Å²) in [5.41, 5.74) is 2.21. The number of halogens is 1. The molecule has 0 bridgehead atoms. The van der Waals surface area contributed by atoms with Crippen LogP contribution in [0.25, 0.3) is 0 Å². The Balaban J connectivity index is 1.77. The zero-order chi connectivity index (χ0) is 12.8. The number of nitrogens with one attached hydrogen (secondary N) is 1. The van der Waals surface area contributed by atoms with Crippen molar-refractivity contribution in [1.82, 2.24) is 4.98 Å². The molecular formula is C15H19FN2. The summed E-state index contributed by atoms with van der Waals surface area (Å²) in [5, 5.41) is 3.36. The number of hydrogen-bond acceptors (Lipinski definition) is 2. The van der Waals surface area contributed by atoms with Crippen molar-refractivity contribution < 1.29 is 4.39 Å². The average Bonchev–Trinajstić information content (AvgIpc) is 2.55. The lowest BCUT2D eigenvalue weighted by molar-refractivity contribution is 0.568. The van der Waals surface area contributed by atoms with Crippen LogP contribution in [0.4, 0.5) is 10.1 Å². The highest BCUT2D eigenvalue weighted by Gasteiger charge is 2.07. The van der Waals surface area contributed by atoms with E-state index in [9.17, 15) is 4.39 Å². The normalized spacial score (nSPS) is 19.2. The molecule has 0 fully saturated rings. The number of rotatable bonds is 4. The average molecular weight is 246 g/mol. The maximum atomic E-state index is 13.0. The van der Waals surface area contributed by atoms with E-state index in [0.29, 0.717) is 5.92 Å². The van der Waals surface area contributed by atoms with Crippen LogP contribution in [0, 0.1) is 12.8 Å². The molecule has 18 heavy (non-hydrogen) atoms. The molecule has 0 amide bonds. The summed E-state index contributed by atoms with van der Waals surface area (Å²) < 4.78 is 13.0. The standard InChI is InChI=1S/C15H19FN2/c1-12-9-15(11-17-10-12)18-8-7-13-3-2-4-14(16)6-5-13/h4-6,9-11,13,18H,2-3,7-8H2,1H3. The number of aromatic nitrogens is 1. The third-order valence-corrected chi connectivity index (χ3v) is 3.12. The topological polar surface area (TPSA) is 24.9 Å². The van der Waals surface area contributed by atoms with Crippen LogP contribution in [0.5, 0.6) is 0 Å². The predicted molar refractivity (Wildman–Crippen MR) is 73.1 cm³/mol. The van der Waals surface area contributed by atoms with Gasteiger partial charge < -0.3 is 5.32 Å². The van der Waals surface area contributed by atoms with Gasteiger partial charge in [0.25, 0.3) is 0 Å². The van der Waals surface area contributed by atoms with Crippen molar-refractivity contribution in [3.63, 3.8) is 0 Å². The first kappa shape index (κ1) is 12.8. The van der Waals surface area contributed by atoms with Gasteiger partial charge in [-0.05, 0) is 55.9 Å². The summed E-state index contributed by atoms with van der Waals surface area (Å²) in [5.74, 6) is 0.355. The number of pyridine rings is 1. The SMILES string of the molecule is Cc1cncc(NCCC2C=CC(F)=CCC2)c1. The summed E-state index contributed by atoms with van der Waals surface area (Å²) >= 11 is 0. The van der Waals surface area contributed by atoms with Crippen molar-refractivity contribution >= 4 is 5.69 Å². The van der Waals surface area contributed by atoms with Crippen molar-refractivity contribution in [3.05, 3.63) is 48.1 Å². The summed E-state index contributed by atoms with van der Waals surface area (Å²) in [6, 6.07) is 2.08. The smallest absolute Gasteiger partial charge is 0.118 e. The minimum absolute atomic E-state index is 0.103. The van der Waals surface area contributed by atoms with E-state index in [0.717, 1.165) is 37.1 Å². The molecule has 1 aromatic heterocycles. The summed E-state index contributed by atoms with van der Waals surface area (Å²) in [7, 11) is 0. The highest BCUT2D eigenvalue weighted by atomic mass is 19.1. The maximum absolute atomic E-state index is 13.0. The molecule has 0 saturated carbocycles. The van der Waals surface area contributed by atoms with E-state index in [1.54, 1.807) is 12.2 Å². The quantitative estimate of drug-likeness (QED) is 0.868. The molecular weight excluding hydrogens is 227 g/mol. The van der Waals surface area contributed by atoms with Crippen LogP contribution < -0.4 is 5.32 Å². The van der Waals surface area contributed by atoms with Crippen LogP contribution in [0.1, 0.15) is 24.8 Å². The molecule has 1 heterocycles. The van der Waals surface area contributed by atoms with Gasteiger partial charge in [-0.15, -0.1) is 0 Å². The van der Waals surface area contributed by atoms with Crippen LogP contribution in [-0.4, -0.2) is 11.5 Å². The lowest BCUT2D eigenvalue weighted by Crippen LogP contribution is -2.07. The molecule has 1 atom stereocenters. The fraction of sp³-hybridized carbons (Fsp3) is 0.400. The molecule has 2 nitrogen and oxygen atoms in total. The van der Waals surface area contributed by atoms with Gasteiger partial charge in [0.2, 0.25) is 0 Å². The van der Waals surface area contributed by atoms with Gasteiger partial charge in [-0.1, -0.05) is 6.08 Å². The van der Waals surface area contributed by atoms with E-state index < -0.39 is 0 Å². The zero-order valence-corrected chi connectivity index (χ0v) is 10.7. The van der Waals surface area contributed by atoms with E-state index in [1.807, 2.05) is 25.4 Å². The van der Waals surface area contributed by atoms with Gasteiger partial charge in [0.1, 0.15) is 5.83 Å². The fourth-order valence-corrected chi connectivity index (χ4v) is 2.12. The number of allylic oxidation sites excluding steroid dienone is 4. The van der Waals surface area contributed by atoms with E-state index in [1.165, 1.54) is 0 Å². The van der Waals surface area contributed by atoms with Crippen molar-refractivity contribution in [2.75, 3.05) is 11.9 Å². The molecule has 1 N–H and O–H groups in total. The van der Waals surface area contributed by atoms with Crippen molar-refractivity contribution in [3.8, 4) is 0 Å². The van der Waals surface area contributed by atoms with Crippen LogP contribution in [0.2, 0.25) is 0 Å². The van der Waals surface area contributed by atoms with Crippen LogP contribution >= 0.6 is 0 Å².